The van der Waals surface area contributed by atoms with E-state index in [4.69, 9.17) is 28.9 Å². The monoisotopic (exact) mass is 306 g/mol. The van der Waals surface area contributed by atoms with E-state index in [-0.39, 0.29) is 0 Å². The lowest BCUT2D eigenvalue weighted by atomic mass is 9.99. The van der Waals surface area contributed by atoms with Crippen LogP contribution in [0.25, 0.3) is 0 Å². The standard InChI is InChI=1S/C16H16Cl2N2/c17-14-7-11(8-15(18)16(14)19)9-20-6-5-12-3-1-2-4-13(12)10-20/h1-4,7-8H,5-6,9-10,19H2. The lowest BCUT2D eigenvalue weighted by Gasteiger charge is -2.28. The molecule has 0 spiro atoms. The summed E-state index contributed by atoms with van der Waals surface area (Å²) in [6, 6.07) is 12.4. The second kappa shape index (κ2) is 5.65. The van der Waals surface area contributed by atoms with Crippen molar-refractivity contribution in [2.75, 3.05) is 12.3 Å². The highest BCUT2D eigenvalue weighted by molar-refractivity contribution is 6.38. The fourth-order valence-corrected chi connectivity index (χ4v) is 3.21. The predicted molar refractivity (Wildman–Crippen MR) is 85.1 cm³/mol. The van der Waals surface area contributed by atoms with Crippen molar-refractivity contribution in [3.05, 3.63) is 63.1 Å². The van der Waals surface area contributed by atoms with Gasteiger partial charge in [-0.05, 0) is 35.2 Å². The van der Waals surface area contributed by atoms with Gasteiger partial charge in [0.2, 0.25) is 0 Å². The van der Waals surface area contributed by atoms with Gasteiger partial charge in [-0.3, -0.25) is 4.90 Å². The Morgan fingerprint density at radius 3 is 2.40 bits per heavy atom. The number of rotatable bonds is 2. The highest BCUT2D eigenvalue weighted by Crippen LogP contribution is 2.30. The maximum Gasteiger partial charge on any atom is 0.0693 e. The van der Waals surface area contributed by atoms with Crippen molar-refractivity contribution in [2.24, 2.45) is 0 Å². The van der Waals surface area contributed by atoms with Crippen LogP contribution in [-0.4, -0.2) is 11.4 Å². The molecule has 1 aliphatic rings. The van der Waals surface area contributed by atoms with Gasteiger partial charge in [-0.15, -0.1) is 0 Å². The van der Waals surface area contributed by atoms with Crippen LogP contribution in [0.2, 0.25) is 10.0 Å². The minimum atomic E-state index is 0.459. The van der Waals surface area contributed by atoms with Crippen molar-refractivity contribution in [3.63, 3.8) is 0 Å². The van der Waals surface area contributed by atoms with Crippen molar-refractivity contribution in [3.8, 4) is 0 Å². The first-order valence-corrected chi connectivity index (χ1v) is 7.41. The number of nitrogens with two attached hydrogens (primary N) is 1. The molecule has 1 heterocycles. The number of hydrogen-bond donors (Lipinski definition) is 1. The zero-order valence-corrected chi connectivity index (χ0v) is 12.6. The van der Waals surface area contributed by atoms with E-state index in [0.29, 0.717) is 15.7 Å². The summed E-state index contributed by atoms with van der Waals surface area (Å²) in [6.45, 7) is 2.86. The van der Waals surface area contributed by atoms with Gasteiger partial charge in [-0.2, -0.15) is 0 Å². The van der Waals surface area contributed by atoms with E-state index in [1.807, 2.05) is 12.1 Å². The summed E-state index contributed by atoms with van der Waals surface area (Å²) in [7, 11) is 0. The van der Waals surface area contributed by atoms with E-state index in [0.717, 1.165) is 31.6 Å². The third-order valence-electron chi connectivity index (χ3n) is 3.75. The van der Waals surface area contributed by atoms with E-state index in [9.17, 15) is 0 Å². The molecule has 0 amide bonds. The number of hydrogen-bond acceptors (Lipinski definition) is 2. The summed E-state index contributed by atoms with van der Waals surface area (Å²) < 4.78 is 0. The van der Waals surface area contributed by atoms with Gasteiger partial charge >= 0.3 is 0 Å². The van der Waals surface area contributed by atoms with E-state index in [2.05, 4.69) is 29.2 Å². The maximum atomic E-state index is 6.09. The molecular weight excluding hydrogens is 291 g/mol. The minimum absolute atomic E-state index is 0.459. The van der Waals surface area contributed by atoms with E-state index >= 15 is 0 Å². The summed E-state index contributed by atoms with van der Waals surface area (Å²) in [5, 5.41) is 1.06. The van der Waals surface area contributed by atoms with Crippen LogP contribution >= 0.6 is 23.2 Å². The summed E-state index contributed by atoms with van der Waals surface area (Å²) in [4.78, 5) is 2.40. The third-order valence-corrected chi connectivity index (χ3v) is 4.38. The Morgan fingerprint density at radius 2 is 1.70 bits per heavy atom. The number of benzene rings is 2. The fraction of sp³-hybridized carbons (Fsp3) is 0.250. The zero-order valence-electron chi connectivity index (χ0n) is 11.1. The van der Waals surface area contributed by atoms with Gasteiger partial charge < -0.3 is 5.73 Å². The van der Waals surface area contributed by atoms with Gasteiger partial charge in [0.1, 0.15) is 0 Å². The number of halogens is 2. The van der Waals surface area contributed by atoms with Gasteiger partial charge in [-0.1, -0.05) is 47.5 Å². The molecule has 0 saturated carbocycles. The second-order valence-electron chi connectivity index (χ2n) is 5.20. The van der Waals surface area contributed by atoms with Crippen LogP contribution in [-0.2, 0) is 19.5 Å². The first kappa shape index (κ1) is 13.7. The number of fused-ring (bicyclic) bond motifs is 1. The molecule has 2 N–H and O–H groups in total. The molecule has 0 unspecified atom stereocenters. The van der Waals surface area contributed by atoms with Gasteiger partial charge in [0.05, 0.1) is 15.7 Å². The molecule has 3 rings (SSSR count). The largest absolute Gasteiger partial charge is 0.396 e. The normalized spacial score (nSPS) is 15.1. The highest BCUT2D eigenvalue weighted by atomic mass is 35.5. The molecule has 0 aromatic heterocycles. The highest BCUT2D eigenvalue weighted by Gasteiger charge is 2.16. The fourth-order valence-electron chi connectivity index (χ4n) is 2.68. The first-order chi connectivity index (χ1) is 9.63. The molecule has 0 radical (unpaired) electrons. The minimum Gasteiger partial charge on any atom is -0.396 e. The molecular formula is C16H16Cl2N2. The van der Waals surface area contributed by atoms with Crippen LogP contribution in [0, 0.1) is 0 Å². The molecule has 104 valence electrons. The molecule has 20 heavy (non-hydrogen) atoms. The molecule has 1 aliphatic heterocycles. The van der Waals surface area contributed by atoms with Gasteiger partial charge in [0.25, 0.3) is 0 Å². The van der Waals surface area contributed by atoms with Crippen LogP contribution in [0.15, 0.2) is 36.4 Å². The number of nitrogens with zero attached hydrogens (tertiary/aromatic N) is 1. The zero-order chi connectivity index (χ0) is 14.1. The van der Waals surface area contributed by atoms with Crippen LogP contribution in [0.1, 0.15) is 16.7 Å². The van der Waals surface area contributed by atoms with E-state index < -0.39 is 0 Å². The Balaban J connectivity index is 1.77. The molecule has 0 saturated heterocycles. The Labute approximate surface area is 129 Å². The topological polar surface area (TPSA) is 29.3 Å². The first-order valence-electron chi connectivity index (χ1n) is 6.66. The molecule has 0 atom stereocenters. The smallest absolute Gasteiger partial charge is 0.0693 e. The quantitative estimate of drug-likeness (QED) is 0.845. The molecule has 0 bridgehead atoms. The predicted octanol–water partition coefficient (Wildman–Crippen LogP) is 4.13. The lowest BCUT2D eigenvalue weighted by molar-refractivity contribution is 0.245. The Kier molecular flexibility index (Phi) is 3.88. The second-order valence-corrected chi connectivity index (χ2v) is 6.02. The molecule has 0 aliphatic carbocycles. The molecule has 2 aromatic carbocycles. The Bertz CT molecular complexity index is 617. The van der Waals surface area contributed by atoms with Crippen molar-refractivity contribution in [1.29, 1.82) is 0 Å². The van der Waals surface area contributed by atoms with E-state index in [1.165, 1.54) is 11.1 Å². The van der Waals surface area contributed by atoms with Crippen molar-refractivity contribution in [1.82, 2.24) is 4.90 Å². The van der Waals surface area contributed by atoms with Gasteiger partial charge in [0.15, 0.2) is 0 Å². The maximum absolute atomic E-state index is 6.09. The summed E-state index contributed by atoms with van der Waals surface area (Å²) in [5.74, 6) is 0. The SMILES string of the molecule is Nc1c(Cl)cc(CN2CCc3ccccc3C2)cc1Cl. The number of nitrogen functional groups attached to an aromatic ring is 1. The average Bonchev–Trinajstić information content (AvgIpc) is 2.44. The summed E-state index contributed by atoms with van der Waals surface area (Å²) in [6.07, 6.45) is 1.09. The summed E-state index contributed by atoms with van der Waals surface area (Å²) in [5.41, 5.74) is 10.2. The van der Waals surface area contributed by atoms with Crippen molar-refractivity contribution >= 4 is 28.9 Å². The third kappa shape index (κ3) is 2.78. The van der Waals surface area contributed by atoms with Gasteiger partial charge in [-0.25, -0.2) is 0 Å². The molecule has 4 heteroatoms. The van der Waals surface area contributed by atoms with Crippen molar-refractivity contribution < 1.29 is 0 Å². The van der Waals surface area contributed by atoms with Crippen molar-refractivity contribution in [2.45, 2.75) is 19.5 Å². The van der Waals surface area contributed by atoms with Crippen LogP contribution < -0.4 is 5.73 Å². The summed E-state index contributed by atoms with van der Waals surface area (Å²) >= 11 is 12.2. The molecule has 2 nitrogen and oxygen atoms in total. The van der Waals surface area contributed by atoms with Crippen LogP contribution in [0.5, 0.6) is 0 Å². The molecule has 0 fully saturated rings. The Hall–Kier alpha value is -1.22. The van der Waals surface area contributed by atoms with Gasteiger partial charge in [0, 0.05) is 19.6 Å². The average molecular weight is 307 g/mol. The van der Waals surface area contributed by atoms with Crippen LogP contribution in [0.3, 0.4) is 0 Å². The van der Waals surface area contributed by atoms with E-state index in [1.54, 1.807) is 0 Å². The van der Waals surface area contributed by atoms with Crippen LogP contribution in [0.4, 0.5) is 5.69 Å². The lowest BCUT2D eigenvalue weighted by Crippen LogP contribution is -2.29. The molecule has 2 aromatic rings. The number of anilines is 1. The Morgan fingerprint density at radius 1 is 1.05 bits per heavy atom.